The van der Waals surface area contributed by atoms with Gasteiger partial charge in [-0.3, -0.25) is 25.1 Å². The molecule has 8 nitrogen and oxygen atoms in total. The maximum Gasteiger partial charge on any atom is 0.280 e. The first-order valence-electron chi connectivity index (χ1n) is 7.49. The molecule has 1 N–H and O–H groups in total. The first-order chi connectivity index (χ1) is 12.5. The first kappa shape index (κ1) is 15.9. The summed E-state index contributed by atoms with van der Waals surface area (Å²) in [4.78, 5) is 39.4. The Balaban J connectivity index is 1.59. The van der Waals surface area contributed by atoms with Crippen molar-refractivity contribution in [3.63, 3.8) is 0 Å². The van der Waals surface area contributed by atoms with Crippen LogP contribution < -0.4 is 5.43 Å². The summed E-state index contributed by atoms with van der Waals surface area (Å²) in [6, 6.07) is 12.7. The molecule has 9 heteroatoms. The third-order valence-corrected chi connectivity index (χ3v) is 4.61. The van der Waals surface area contributed by atoms with Crippen LogP contribution >= 0.6 is 11.3 Å². The van der Waals surface area contributed by atoms with Crippen LogP contribution in [-0.4, -0.2) is 26.7 Å². The monoisotopic (exact) mass is 366 g/mol. The fourth-order valence-electron chi connectivity index (χ4n) is 2.62. The van der Waals surface area contributed by atoms with Gasteiger partial charge in [0, 0.05) is 23.1 Å². The van der Waals surface area contributed by atoms with E-state index >= 15 is 0 Å². The summed E-state index contributed by atoms with van der Waals surface area (Å²) in [6.07, 6.45) is 0. The van der Waals surface area contributed by atoms with Crippen LogP contribution in [0.3, 0.4) is 0 Å². The van der Waals surface area contributed by atoms with Gasteiger partial charge in [0.1, 0.15) is 0 Å². The number of nitrogens with zero attached hydrogens (tertiary/aromatic N) is 3. The molecule has 1 aliphatic heterocycles. The second-order valence-corrected chi connectivity index (χ2v) is 6.31. The molecule has 0 bridgehead atoms. The quantitative estimate of drug-likeness (QED) is 0.431. The predicted molar refractivity (Wildman–Crippen MR) is 94.8 cm³/mol. The average molecular weight is 366 g/mol. The Morgan fingerprint density at radius 2 is 1.73 bits per heavy atom. The Labute approximate surface area is 150 Å². The van der Waals surface area contributed by atoms with Crippen LogP contribution in [0.5, 0.6) is 0 Å². The lowest BCUT2D eigenvalue weighted by Crippen LogP contribution is -2.35. The zero-order chi connectivity index (χ0) is 18.3. The van der Waals surface area contributed by atoms with E-state index in [9.17, 15) is 19.7 Å². The number of aromatic nitrogens is 1. The van der Waals surface area contributed by atoms with Crippen molar-refractivity contribution in [1.82, 2.24) is 9.99 Å². The molecule has 0 atom stereocenters. The normalized spacial score (nSPS) is 13.0. The number of fused-ring (bicyclic) bond motifs is 1. The number of thiazole rings is 1. The molecule has 0 fully saturated rings. The summed E-state index contributed by atoms with van der Waals surface area (Å²) < 4.78 is 0. The molecule has 128 valence electrons. The van der Waals surface area contributed by atoms with Crippen molar-refractivity contribution >= 4 is 34.0 Å². The van der Waals surface area contributed by atoms with Crippen molar-refractivity contribution in [2.45, 2.75) is 0 Å². The van der Waals surface area contributed by atoms with Crippen LogP contribution in [0, 0.1) is 10.1 Å². The number of hydrogen-bond acceptors (Lipinski definition) is 7. The van der Waals surface area contributed by atoms with Gasteiger partial charge in [-0.05, 0) is 12.1 Å². The van der Waals surface area contributed by atoms with Crippen molar-refractivity contribution < 1.29 is 14.5 Å². The smallest absolute Gasteiger partial charge is 0.267 e. The summed E-state index contributed by atoms with van der Waals surface area (Å²) >= 11 is 1.19. The average Bonchev–Trinajstić information content (AvgIpc) is 3.22. The number of carbonyl (C=O) groups excluding carboxylic acids is 2. The highest BCUT2D eigenvalue weighted by Gasteiger charge is 2.36. The van der Waals surface area contributed by atoms with E-state index in [1.54, 1.807) is 41.8 Å². The third-order valence-electron chi connectivity index (χ3n) is 3.86. The van der Waals surface area contributed by atoms with E-state index in [1.165, 1.54) is 23.5 Å². The predicted octanol–water partition coefficient (Wildman–Crippen LogP) is 3.34. The van der Waals surface area contributed by atoms with Gasteiger partial charge in [0.2, 0.25) is 5.13 Å². The highest BCUT2D eigenvalue weighted by molar-refractivity contribution is 7.14. The minimum atomic E-state index is -0.478. The number of amides is 2. The molecule has 0 saturated heterocycles. The van der Waals surface area contributed by atoms with E-state index in [0.29, 0.717) is 27.5 Å². The lowest BCUT2D eigenvalue weighted by atomic mass is 10.1. The Morgan fingerprint density at radius 1 is 1.04 bits per heavy atom. The van der Waals surface area contributed by atoms with Gasteiger partial charge in [0.15, 0.2) is 0 Å². The summed E-state index contributed by atoms with van der Waals surface area (Å²) in [7, 11) is 0. The molecule has 2 heterocycles. The topological polar surface area (TPSA) is 105 Å². The van der Waals surface area contributed by atoms with Crippen LogP contribution in [-0.2, 0) is 0 Å². The van der Waals surface area contributed by atoms with Gasteiger partial charge >= 0.3 is 0 Å². The van der Waals surface area contributed by atoms with E-state index in [2.05, 4.69) is 10.4 Å². The second kappa shape index (κ2) is 6.05. The van der Waals surface area contributed by atoms with Crippen molar-refractivity contribution in [2.24, 2.45) is 0 Å². The van der Waals surface area contributed by atoms with Gasteiger partial charge in [-0.2, -0.15) is 5.01 Å². The molecule has 3 aromatic rings. The number of non-ortho nitro benzene ring substituents is 1. The fourth-order valence-corrected chi connectivity index (χ4v) is 3.33. The molecule has 0 spiro atoms. The third kappa shape index (κ3) is 2.60. The van der Waals surface area contributed by atoms with Crippen molar-refractivity contribution in [3.8, 4) is 11.3 Å². The van der Waals surface area contributed by atoms with E-state index in [1.807, 2.05) is 0 Å². The summed E-state index contributed by atoms with van der Waals surface area (Å²) in [5, 5.41) is 13.8. The van der Waals surface area contributed by atoms with Crippen LogP contribution in [0.25, 0.3) is 11.3 Å². The zero-order valence-electron chi connectivity index (χ0n) is 13.1. The number of rotatable bonds is 4. The maximum atomic E-state index is 12.4. The fraction of sp³-hybridized carbons (Fsp3) is 0. The van der Waals surface area contributed by atoms with Crippen LogP contribution in [0.1, 0.15) is 20.7 Å². The molecule has 4 rings (SSSR count). The number of hydrazine groups is 1. The molecule has 0 aliphatic carbocycles. The first-order valence-corrected chi connectivity index (χ1v) is 8.37. The zero-order valence-corrected chi connectivity index (χ0v) is 13.9. The van der Waals surface area contributed by atoms with Crippen LogP contribution in [0.15, 0.2) is 53.9 Å². The molecular formula is C17H10N4O4S. The maximum absolute atomic E-state index is 12.4. The molecule has 2 aromatic carbocycles. The number of hydrogen-bond donors (Lipinski definition) is 1. The van der Waals surface area contributed by atoms with Crippen molar-refractivity contribution in [3.05, 3.63) is 75.2 Å². The highest BCUT2D eigenvalue weighted by Crippen LogP contribution is 2.29. The number of benzene rings is 2. The summed E-state index contributed by atoms with van der Waals surface area (Å²) in [5.41, 5.74) is 4.44. The van der Waals surface area contributed by atoms with Crippen LogP contribution in [0.2, 0.25) is 0 Å². The molecule has 0 radical (unpaired) electrons. The lowest BCUT2D eigenvalue weighted by Gasteiger charge is -2.13. The Morgan fingerprint density at radius 3 is 2.38 bits per heavy atom. The number of nitro benzene ring substituents is 1. The van der Waals surface area contributed by atoms with E-state index in [4.69, 9.17) is 0 Å². The largest absolute Gasteiger partial charge is 0.280 e. The van der Waals surface area contributed by atoms with Gasteiger partial charge in [-0.1, -0.05) is 24.3 Å². The molecule has 26 heavy (non-hydrogen) atoms. The molecule has 2 amide bonds. The van der Waals surface area contributed by atoms with Gasteiger partial charge in [-0.25, -0.2) is 4.98 Å². The van der Waals surface area contributed by atoms with E-state index < -0.39 is 16.7 Å². The Hall–Kier alpha value is -3.59. The lowest BCUT2D eigenvalue weighted by molar-refractivity contribution is -0.384. The second-order valence-electron chi connectivity index (χ2n) is 5.45. The number of imide groups is 1. The SMILES string of the molecule is O=C1c2ccccc2C(=O)N1Nc1nc(-c2cccc([N+](=O)[O-])c2)cs1. The number of carbonyl (C=O) groups is 2. The number of anilines is 1. The molecule has 1 aliphatic rings. The summed E-state index contributed by atoms with van der Waals surface area (Å²) in [6.45, 7) is 0. The number of nitro groups is 1. The Kier molecular flexibility index (Phi) is 3.70. The van der Waals surface area contributed by atoms with Gasteiger partial charge in [0.05, 0.1) is 21.7 Å². The van der Waals surface area contributed by atoms with Gasteiger partial charge < -0.3 is 0 Å². The van der Waals surface area contributed by atoms with Crippen molar-refractivity contribution in [1.29, 1.82) is 0 Å². The van der Waals surface area contributed by atoms with E-state index in [0.717, 1.165) is 5.01 Å². The minimum Gasteiger partial charge on any atom is -0.267 e. The Bertz CT molecular complexity index is 1030. The van der Waals surface area contributed by atoms with E-state index in [-0.39, 0.29) is 5.69 Å². The highest BCUT2D eigenvalue weighted by atomic mass is 32.1. The standard InChI is InChI=1S/C17H10N4O4S/c22-15-12-6-1-2-7-13(12)16(23)20(15)19-17-18-14(9-26-17)10-4-3-5-11(8-10)21(24)25/h1-9H,(H,18,19). The number of nitrogens with one attached hydrogen (secondary N) is 1. The van der Waals surface area contributed by atoms with Gasteiger partial charge in [-0.15, -0.1) is 11.3 Å². The van der Waals surface area contributed by atoms with Crippen molar-refractivity contribution in [2.75, 3.05) is 5.43 Å². The van der Waals surface area contributed by atoms with Gasteiger partial charge in [0.25, 0.3) is 17.5 Å². The molecule has 0 unspecified atom stereocenters. The summed E-state index contributed by atoms with van der Waals surface area (Å²) in [5.74, 6) is -0.893. The van der Waals surface area contributed by atoms with Crippen LogP contribution in [0.4, 0.5) is 10.8 Å². The molecule has 0 saturated carbocycles. The minimum absolute atomic E-state index is 0.0367. The molecule has 1 aromatic heterocycles. The molecular weight excluding hydrogens is 356 g/mol.